The number of anilines is 3. The van der Waals surface area contributed by atoms with Crippen LogP contribution in [0.1, 0.15) is 5.56 Å². The number of nitrogens with one attached hydrogen (secondary N) is 2. The second kappa shape index (κ2) is 15.2. The zero-order valence-corrected chi connectivity index (χ0v) is 22.8. The summed E-state index contributed by atoms with van der Waals surface area (Å²) < 4.78 is 24.1. The summed E-state index contributed by atoms with van der Waals surface area (Å²) in [4.78, 5) is 18.9. The van der Waals surface area contributed by atoms with Gasteiger partial charge in [-0.15, -0.1) is 24.8 Å². The van der Waals surface area contributed by atoms with Crippen molar-refractivity contribution in [3.8, 4) is 11.8 Å². The molecule has 0 aliphatic carbocycles. The molecule has 12 heteroatoms. The van der Waals surface area contributed by atoms with Crippen molar-refractivity contribution < 1.29 is 18.7 Å². The Morgan fingerprint density at radius 3 is 2.68 bits per heavy atom. The minimum atomic E-state index is -0.551. The first kappa shape index (κ1) is 31.9. The molecule has 3 rings (SSSR count). The highest BCUT2D eigenvalue weighted by Gasteiger charge is 2.15. The summed E-state index contributed by atoms with van der Waals surface area (Å²) in [5, 5.41) is 16.1. The van der Waals surface area contributed by atoms with Gasteiger partial charge < -0.3 is 25.0 Å². The van der Waals surface area contributed by atoms with Crippen molar-refractivity contribution in [3.05, 3.63) is 65.1 Å². The number of aromatic nitrogens is 1. The predicted molar refractivity (Wildman–Crippen MR) is 149 cm³/mol. The predicted octanol–water partition coefficient (Wildman–Crippen LogP) is 5.57. The molecular formula is C25H27Cl3FN5O3. The average molecular weight is 571 g/mol. The molecule has 0 saturated carbocycles. The normalized spacial score (nSPS) is 10.5. The molecular weight excluding hydrogens is 544 g/mol. The molecule has 8 nitrogen and oxygen atoms in total. The van der Waals surface area contributed by atoms with E-state index in [1.807, 2.05) is 11.9 Å². The molecule has 0 saturated heterocycles. The summed E-state index contributed by atoms with van der Waals surface area (Å²) in [6.45, 7) is 1.92. The number of amides is 1. The molecule has 1 aromatic heterocycles. The molecule has 0 aliphatic heterocycles. The van der Waals surface area contributed by atoms with Crippen LogP contribution in [0.5, 0.6) is 5.75 Å². The zero-order chi connectivity index (χ0) is 25.4. The fourth-order valence-corrected chi connectivity index (χ4v) is 3.46. The monoisotopic (exact) mass is 569 g/mol. The highest BCUT2D eigenvalue weighted by Crippen LogP contribution is 2.36. The van der Waals surface area contributed by atoms with Gasteiger partial charge in [0.2, 0.25) is 5.91 Å². The fraction of sp³-hybridized carbons (Fsp3) is 0.240. The Morgan fingerprint density at radius 2 is 2.03 bits per heavy atom. The van der Waals surface area contributed by atoms with Gasteiger partial charge >= 0.3 is 0 Å². The second-order valence-corrected chi connectivity index (χ2v) is 8.04. The number of halogens is 4. The van der Waals surface area contributed by atoms with E-state index >= 15 is 0 Å². The maximum absolute atomic E-state index is 13.6. The van der Waals surface area contributed by atoms with Gasteiger partial charge in [0.05, 0.1) is 41.2 Å². The van der Waals surface area contributed by atoms with Gasteiger partial charge in [0, 0.05) is 49.6 Å². The van der Waals surface area contributed by atoms with E-state index in [1.165, 1.54) is 37.6 Å². The van der Waals surface area contributed by atoms with Gasteiger partial charge in [-0.2, -0.15) is 5.26 Å². The molecule has 3 aromatic rings. The molecule has 2 N–H and O–H groups in total. The number of hydrogen-bond acceptors (Lipinski definition) is 7. The van der Waals surface area contributed by atoms with Crippen molar-refractivity contribution in [2.24, 2.45) is 0 Å². The quantitative estimate of drug-likeness (QED) is 0.308. The first-order valence-corrected chi connectivity index (χ1v) is 11.0. The summed E-state index contributed by atoms with van der Waals surface area (Å²) in [5.41, 5.74) is 2.12. The van der Waals surface area contributed by atoms with Crippen LogP contribution in [-0.2, 0) is 9.53 Å². The van der Waals surface area contributed by atoms with E-state index in [4.69, 9.17) is 21.1 Å². The Bertz CT molecular complexity index is 1300. The number of carbonyl (C=O) groups excluding carboxylic acids is 1. The van der Waals surface area contributed by atoms with Gasteiger partial charge in [0.15, 0.2) is 0 Å². The van der Waals surface area contributed by atoms with Gasteiger partial charge in [0.1, 0.15) is 17.6 Å². The molecule has 0 fully saturated rings. The lowest BCUT2D eigenvalue weighted by atomic mass is 10.1. The van der Waals surface area contributed by atoms with Crippen molar-refractivity contribution >= 4 is 70.3 Å². The lowest BCUT2D eigenvalue weighted by Gasteiger charge is -2.15. The fourth-order valence-electron chi connectivity index (χ4n) is 3.28. The SMILES string of the molecule is COCCN(C)CC=CC(=O)Nc1cc2c(Nc3ccc(F)c(Cl)c3)c(C#N)cnc2cc1OC.Cl.Cl. The molecule has 0 spiro atoms. The molecule has 1 heterocycles. The summed E-state index contributed by atoms with van der Waals surface area (Å²) >= 11 is 5.91. The van der Waals surface area contributed by atoms with Gasteiger partial charge in [-0.1, -0.05) is 17.7 Å². The Labute approximate surface area is 232 Å². The average Bonchev–Trinajstić information content (AvgIpc) is 2.84. The number of likely N-dealkylation sites (N-methyl/N-ethyl adjacent to an activating group) is 1. The van der Waals surface area contributed by atoms with E-state index in [9.17, 15) is 14.4 Å². The third kappa shape index (κ3) is 8.45. The van der Waals surface area contributed by atoms with E-state index in [1.54, 1.807) is 25.3 Å². The molecule has 37 heavy (non-hydrogen) atoms. The maximum Gasteiger partial charge on any atom is 0.248 e. The third-order valence-corrected chi connectivity index (χ3v) is 5.41. The van der Waals surface area contributed by atoms with Crippen LogP contribution in [-0.4, -0.2) is 56.8 Å². The van der Waals surface area contributed by atoms with Crippen molar-refractivity contribution in [1.29, 1.82) is 5.26 Å². The molecule has 1 amide bonds. The number of fused-ring (bicyclic) bond motifs is 1. The second-order valence-electron chi connectivity index (χ2n) is 7.63. The Hall–Kier alpha value is -3.13. The minimum Gasteiger partial charge on any atom is -0.494 e. The van der Waals surface area contributed by atoms with Crippen molar-refractivity contribution in [1.82, 2.24) is 9.88 Å². The van der Waals surface area contributed by atoms with Crippen LogP contribution in [0.15, 0.2) is 48.7 Å². The van der Waals surface area contributed by atoms with Crippen LogP contribution < -0.4 is 15.4 Å². The molecule has 0 radical (unpaired) electrons. The van der Waals surface area contributed by atoms with Crippen LogP contribution >= 0.6 is 36.4 Å². The number of pyridine rings is 1. The molecule has 0 unspecified atom stereocenters. The number of ether oxygens (including phenoxy) is 2. The largest absolute Gasteiger partial charge is 0.494 e. The van der Waals surface area contributed by atoms with E-state index in [2.05, 4.69) is 21.7 Å². The van der Waals surface area contributed by atoms with Gasteiger partial charge in [-0.3, -0.25) is 9.78 Å². The smallest absolute Gasteiger partial charge is 0.248 e. The van der Waals surface area contributed by atoms with Crippen molar-refractivity contribution in [2.75, 3.05) is 51.6 Å². The molecule has 0 bridgehead atoms. The standard InChI is InChI=1S/C25H25ClFN5O3.2ClH/c1-32(9-10-34-2)8-4-5-24(33)31-22-12-18-21(13-23(22)35-3)29-15-16(14-28)25(18)30-17-6-7-20(27)19(26)11-17;;/h4-7,11-13,15H,8-10H2,1-3H3,(H,29,30)(H,31,33);2*1H. The number of carbonyl (C=O) groups is 1. The highest BCUT2D eigenvalue weighted by atomic mass is 35.5. The Balaban J connectivity index is 0.00000342. The summed E-state index contributed by atoms with van der Waals surface area (Å²) in [6, 6.07) is 9.60. The van der Waals surface area contributed by atoms with E-state index < -0.39 is 5.82 Å². The first-order valence-electron chi connectivity index (χ1n) is 10.6. The van der Waals surface area contributed by atoms with Crippen LogP contribution in [0, 0.1) is 17.1 Å². The lowest BCUT2D eigenvalue weighted by molar-refractivity contribution is -0.111. The van der Waals surface area contributed by atoms with Crippen molar-refractivity contribution in [3.63, 3.8) is 0 Å². The number of methoxy groups -OCH3 is 2. The summed E-state index contributed by atoms with van der Waals surface area (Å²) in [6.07, 6.45) is 4.62. The highest BCUT2D eigenvalue weighted by molar-refractivity contribution is 6.31. The van der Waals surface area contributed by atoms with E-state index in [-0.39, 0.29) is 41.3 Å². The topological polar surface area (TPSA) is 99.5 Å². The number of nitrogens with zero attached hydrogens (tertiary/aromatic N) is 3. The minimum absolute atomic E-state index is 0. The number of benzene rings is 2. The Kier molecular flexibility index (Phi) is 13.1. The van der Waals surface area contributed by atoms with Gasteiger partial charge in [-0.25, -0.2) is 4.39 Å². The van der Waals surface area contributed by atoms with E-state index in [0.29, 0.717) is 46.9 Å². The molecule has 198 valence electrons. The number of rotatable bonds is 10. The maximum atomic E-state index is 13.6. The molecule has 0 aliphatic rings. The van der Waals surface area contributed by atoms with E-state index in [0.717, 1.165) is 6.54 Å². The summed E-state index contributed by atoms with van der Waals surface area (Å²) in [5.74, 6) is -0.485. The molecule has 0 atom stereocenters. The van der Waals surface area contributed by atoms with Crippen LogP contribution in [0.2, 0.25) is 5.02 Å². The van der Waals surface area contributed by atoms with Crippen molar-refractivity contribution in [2.45, 2.75) is 0 Å². The lowest BCUT2D eigenvalue weighted by Crippen LogP contribution is -2.23. The number of hydrogen-bond donors (Lipinski definition) is 2. The first-order chi connectivity index (χ1) is 16.9. The Morgan fingerprint density at radius 1 is 1.27 bits per heavy atom. The summed E-state index contributed by atoms with van der Waals surface area (Å²) in [7, 11) is 5.05. The van der Waals surface area contributed by atoms with Gasteiger partial charge in [0.25, 0.3) is 0 Å². The molecule has 2 aromatic carbocycles. The van der Waals surface area contributed by atoms with Crippen LogP contribution in [0.4, 0.5) is 21.5 Å². The van der Waals surface area contributed by atoms with Gasteiger partial charge in [-0.05, 0) is 31.3 Å². The van der Waals surface area contributed by atoms with Crippen LogP contribution in [0.25, 0.3) is 10.9 Å². The van der Waals surface area contributed by atoms with Crippen LogP contribution in [0.3, 0.4) is 0 Å². The number of nitriles is 1. The zero-order valence-electron chi connectivity index (χ0n) is 20.4. The third-order valence-electron chi connectivity index (χ3n) is 5.12.